The van der Waals surface area contributed by atoms with E-state index < -0.39 is 0 Å². The van der Waals surface area contributed by atoms with Crippen molar-refractivity contribution in [3.05, 3.63) is 82.2 Å². The summed E-state index contributed by atoms with van der Waals surface area (Å²) in [5.41, 5.74) is 1.64. The number of ether oxygens (including phenoxy) is 1. The second kappa shape index (κ2) is 8.25. The smallest absolute Gasteiger partial charge is 0.293 e. The van der Waals surface area contributed by atoms with Crippen molar-refractivity contribution in [1.82, 2.24) is 4.90 Å². The molecule has 3 rings (SSSR count). The SMILES string of the molecule is C=CCOc1cccc(/C=C2/SC(=O)N(Cc3ccc(Cl)cc3)C2=O)c1. The maximum absolute atomic E-state index is 12.6. The molecule has 6 heteroatoms. The fraction of sp³-hybridized carbons (Fsp3) is 0.100. The number of thioether (sulfide) groups is 1. The number of carbonyl (C=O) groups is 2. The summed E-state index contributed by atoms with van der Waals surface area (Å²) in [5, 5.41) is 0.330. The first-order valence-electron chi connectivity index (χ1n) is 7.90. The van der Waals surface area contributed by atoms with Crippen LogP contribution in [-0.4, -0.2) is 22.7 Å². The summed E-state index contributed by atoms with van der Waals surface area (Å²) in [6.45, 7) is 4.24. The van der Waals surface area contributed by atoms with Crippen LogP contribution >= 0.6 is 23.4 Å². The van der Waals surface area contributed by atoms with Crippen LogP contribution in [0.5, 0.6) is 5.75 Å². The third kappa shape index (κ3) is 4.36. The van der Waals surface area contributed by atoms with Crippen molar-refractivity contribution in [3.63, 3.8) is 0 Å². The highest BCUT2D eigenvalue weighted by Crippen LogP contribution is 2.33. The third-order valence-electron chi connectivity index (χ3n) is 3.65. The molecule has 2 amide bonds. The highest BCUT2D eigenvalue weighted by molar-refractivity contribution is 8.18. The lowest BCUT2D eigenvalue weighted by molar-refractivity contribution is -0.123. The van der Waals surface area contributed by atoms with E-state index in [0.29, 0.717) is 22.3 Å². The van der Waals surface area contributed by atoms with Gasteiger partial charge in [0, 0.05) is 5.02 Å². The van der Waals surface area contributed by atoms with Gasteiger partial charge in [0.1, 0.15) is 12.4 Å². The second-order valence-corrected chi connectivity index (χ2v) is 7.00. The summed E-state index contributed by atoms with van der Waals surface area (Å²) >= 11 is 6.81. The number of benzene rings is 2. The maximum Gasteiger partial charge on any atom is 0.293 e. The van der Waals surface area contributed by atoms with E-state index in [-0.39, 0.29) is 17.7 Å². The highest BCUT2D eigenvalue weighted by Gasteiger charge is 2.34. The van der Waals surface area contributed by atoms with Gasteiger partial charge in [-0.2, -0.15) is 0 Å². The molecule has 0 unspecified atom stereocenters. The largest absolute Gasteiger partial charge is 0.490 e. The van der Waals surface area contributed by atoms with Gasteiger partial charge in [0.15, 0.2) is 0 Å². The zero-order chi connectivity index (χ0) is 18.5. The van der Waals surface area contributed by atoms with Gasteiger partial charge >= 0.3 is 0 Å². The number of amides is 2. The van der Waals surface area contributed by atoms with Crippen molar-refractivity contribution in [2.45, 2.75) is 6.54 Å². The maximum atomic E-state index is 12.6. The van der Waals surface area contributed by atoms with Gasteiger partial charge < -0.3 is 4.74 Å². The van der Waals surface area contributed by atoms with Crippen LogP contribution in [0.25, 0.3) is 6.08 Å². The lowest BCUT2D eigenvalue weighted by Gasteiger charge is -2.12. The van der Waals surface area contributed by atoms with Gasteiger partial charge in [0.2, 0.25) is 0 Å². The van der Waals surface area contributed by atoms with Crippen molar-refractivity contribution in [1.29, 1.82) is 0 Å². The molecule has 0 aromatic heterocycles. The van der Waals surface area contributed by atoms with E-state index in [1.54, 1.807) is 36.4 Å². The fourth-order valence-electron chi connectivity index (χ4n) is 2.41. The van der Waals surface area contributed by atoms with Crippen molar-refractivity contribution in [3.8, 4) is 5.75 Å². The Labute approximate surface area is 161 Å². The molecule has 0 N–H and O–H groups in total. The Hall–Kier alpha value is -2.50. The number of nitrogens with zero attached hydrogens (tertiary/aromatic N) is 1. The van der Waals surface area contributed by atoms with Crippen LogP contribution in [0.3, 0.4) is 0 Å². The van der Waals surface area contributed by atoms with Crippen LogP contribution in [-0.2, 0) is 11.3 Å². The Morgan fingerprint density at radius 1 is 1.15 bits per heavy atom. The van der Waals surface area contributed by atoms with Crippen molar-refractivity contribution < 1.29 is 14.3 Å². The summed E-state index contributed by atoms with van der Waals surface area (Å²) in [7, 11) is 0. The van der Waals surface area contributed by atoms with E-state index in [1.165, 1.54) is 4.90 Å². The average Bonchev–Trinajstić information content (AvgIpc) is 2.89. The minimum absolute atomic E-state index is 0.224. The van der Waals surface area contributed by atoms with Crippen LogP contribution in [0.2, 0.25) is 5.02 Å². The molecule has 0 atom stereocenters. The van der Waals surface area contributed by atoms with Gasteiger partial charge in [-0.1, -0.05) is 48.5 Å². The summed E-state index contributed by atoms with van der Waals surface area (Å²) in [4.78, 5) is 26.5. The van der Waals surface area contributed by atoms with E-state index in [2.05, 4.69) is 6.58 Å². The summed E-state index contributed by atoms with van der Waals surface area (Å²) in [5.74, 6) is 0.381. The summed E-state index contributed by atoms with van der Waals surface area (Å²) < 4.78 is 5.49. The van der Waals surface area contributed by atoms with Crippen LogP contribution in [0, 0.1) is 0 Å². The number of hydrogen-bond acceptors (Lipinski definition) is 4. The number of imide groups is 1. The first-order valence-corrected chi connectivity index (χ1v) is 9.10. The quantitative estimate of drug-likeness (QED) is 0.510. The predicted molar refractivity (Wildman–Crippen MR) is 105 cm³/mol. The van der Waals surface area contributed by atoms with Gasteiger partial charge in [-0.3, -0.25) is 14.5 Å². The standard InChI is InChI=1S/C20H16ClNO3S/c1-2-10-25-17-5-3-4-15(11-17)12-18-19(23)22(20(24)26-18)13-14-6-8-16(21)9-7-14/h2-9,11-12H,1,10,13H2/b18-12+. The summed E-state index contributed by atoms with van der Waals surface area (Å²) in [6, 6.07) is 14.4. The average molecular weight is 386 g/mol. The highest BCUT2D eigenvalue weighted by atomic mass is 35.5. The Balaban J connectivity index is 1.76. The van der Waals surface area contributed by atoms with E-state index in [4.69, 9.17) is 16.3 Å². The minimum atomic E-state index is -0.299. The van der Waals surface area contributed by atoms with Gasteiger partial charge in [-0.05, 0) is 53.2 Å². The Kier molecular flexibility index (Phi) is 5.81. The van der Waals surface area contributed by atoms with E-state index in [9.17, 15) is 9.59 Å². The van der Waals surface area contributed by atoms with Gasteiger partial charge in [-0.25, -0.2) is 0 Å². The van der Waals surface area contributed by atoms with E-state index in [0.717, 1.165) is 22.9 Å². The molecule has 2 aromatic rings. The molecule has 26 heavy (non-hydrogen) atoms. The molecule has 1 fully saturated rings. The molecule has 1 aliphatic rings. The number of hydrogen-bond donors (Lipinski definition) is 0. The third-order valence-corrected chi connectivity index (χ3v) is 4.81. The fourth-order valence-corrected chi connectivity index (χ4v) is 3.37. The van der Waals surface area contributed by atoms with E-state index in [1.807, 2.05) is 24.3 Å². The first-order chi connectivity index (χ1) is 12.6. The van der Waals surface area contributed by atoms with Crippen molar-refractivity contribution in [2.75, 3.05) is 6.61 Å². The van der Waals surface area contributed by atoms with Crippen LogP contribution in [0.15, 0.2) is 66.1 Å². The Bertz CT molecular complexity index is 877. The molecule has 4 nitrogen and oxygen atoms in total. The molecule has 0 saturated carbocycles. The number of rotatable bonds is 6. The lowest BCUT2D eigenvalue weighted by atomic mass is 10.2. The second-order valence-electron chi connectivity index (χ2n) is 5.57. The Morgan fingerprint density at radius 2 is 1.92 bits per heavy atom. The molecule has 1 saturated heterocycles. The van der Waals surface area contributed by atoms with E-state index >= 15 is 0 Å². The zero-order valence-electron chi connectivity index (χ0n) is 13.9. The molecule has 0 aliphatic carbocycles. The normalized spacial score (nSPS) is 15.6. The zero-order valence-corrected chi connectivity index (χ0v) is 15.4. The molecular weight excluding hydrogens is 370 g/mol. The van der Waals surface area contributed by atoms with Crippen LogP contribution in [0.4, 0.5) is 4.79 Å². The molecule has 2 aromatic carbocycles. The number of carbonyl (C=O) groups excluding carboxylic acids is 2. The minimum Gasteiger partial charge on any atom is -0.490 e. The molecular formula is C20H16ClNO3S. The lowest BCUT2D eigenvalue weighted by Crippen LogP contribution is -2.27. The Morgan fingerprint density at radius 3 is 2.65 bits per heavy atom. The van der Waals surface area contributed by atoms with Crippen molar-refractivity contribution >= 4 is 40.6 Å². The van der Waals surface area contributed by atoms with Crippen molar-refractivity contribution in [2.24, 2.45) is 0 Å². The number of halogens is 1. The molecule has 0 bridgehead atoms. The van der Waals surface area contributed by atoms with Gasteiger partial charge in [0.25, 0.3) is 11.1 Å². The predicted octanol–water partition coefficient (Wildman–Crippen LogP) is 5.14. The first kappa shape index (κ1) is 18.3. The van der Waals surface area contributed by atoms with Gasteiger partial charge in [-0.15, -0.1) is 0 Å². The summed E-state index contributed by atoms with van der Waals surface area (Å²) in [6.07, 6.45) is 3.36. The molecule has 0 spiro atoms. The van der Waals surface area contributed by atoms with Gasteiger partial charge in [0.05, 0.1) is 11.4 Å². The van der Waals surface area contributed by atoms with Crippen LogP contribution < -0.4 is 4.74 Å². The molecule has 0 radical (unpaired) electrons. The molecule has 132 valence electrons. The molecule has 1 heterocycles. The van der Waals surface area contributed by atoms with Crippen LogP contribution in [0.1, 0.15) is 11.1 Å². The monoisotopic (exact) mass is 385 g/mol. The topological polar surface area (TPSA) is 46.6 Å². The molecule has 1 aliphatic heterocycles.